The lowest BCUT2D eigenvalue weighted by atomic mass is 9.94. The fourth-order valence-corrected chi connectivity index (χ4v) is 4.86. The average Bonchev–Trinajstić information content (AvgIpc) is 2.90. The minimum atomic E-state index is -1.92. The summed E-state index contributed by atoms with van der Waals surface area (Å²) >= 11 is 0. The predicted octanol–water partition coefficient (Wildman–Crippen LogP) is -7.29. The van der Waals surface area contributed by atoms with Gasteiger partial charge in [0.1, 0.15) is 73.1 Å². The first-order valence-electron chi connectivity index (χ1n) is 12.6. The minimum Gasteiger partial charge on any atom is -0.394 e. The quantitative estimate of drug-likeness (QED) is 0.120. The Hall–Kier alpha value is -1.62. The van der Waals surface area contributed by atoms with E-state index in [0.717, 1.165) is 13.8 Å². The maximum absolute atomic E-state index is 11.7. The van der Waals surface area contributed by atoms with Gasteiger partial charge in [-0.05, 0) is 0 Å². The van der Waals surface area contributed by atoms with Gasteiger partial charge in [0, 0.05) is 13.8 Å². The van der Waals surface area contributed by atoms with Gasteiger partial charge >= 0.3 is 0 Å². The van der Waals surface area contributed by atoms with Gasteiger partial charge < -0.3 is 80.3 Å². The van der Waals surface area contributed by atoms with E-state index in [1.54, 1.807) is 0 Å². The van der Waals surface area contributed by atoms with Crippen molar-refractivity contribution in [1.29, 1.82) is 0 Å². The number of aliphatic hydroxyl groups is 9. The topological polar surface area (TPSA) is 286 Å². The molecule has 18 nitrogen and oxygen atoms in total. The third-order valence-corrected chi connectivity index (χ3v) is 6.90. The van der Waals surface area contributed by atoms with Gasteiger partial charge in [0.2, 0.25) is 11.8 Å². The van der Waals surface area contributed by atoms with Crippen LogP contribution in [-0.4, -0.2) is 170 Å². The van der Waals surface area contributed by atoms with E-state index in [9.17, 15) is 55.5 Å². The molecule has 3 heterocycles. The van der Waals surface area contributed by atoms with Crippen LogP contribution in [0.5, 0.6) is 0 Å². The van der Waals surface area contributed by atoms with E-state index in [2.05, 4.69) is 10.6 Å². The third kappa shape index (κ3) is 7.05. The summed E-state index contributed by atoms with van der Waals surface area (Å²) in [5.41, 5.74) is 0. The highest BCUT2D eigenvalue weighted by Gasteiger charge is 2.54. The second kappa shape index (κ2) is 14.0. The maximum atomic E-state index is 11.7. The van der Waals surface area contributed by atoms with E-state index >= 15 is 0 Å². The van der Waals surface area contributed by atoms with Gasteiger partial charge in [-0.2, -0.15) is 0 Å². The molecule has 15 atom stereocenters. The van der Waals surface area contributed by atoms with Crippen LogP contribution in [0.3, 0.4) is 0 Å². The number of nitrogens with one attached hydrogen (secondary N) is 2. The molecule has 0 aliphatic carbocycles. The Labute approximate surface area is 228 Å². The normalized spacial score (nSPS) is 46.0. The van der Waals surface area contributed by atoms with Gasteiger partial charge in [0.05, 0.1) is 19.8 Å². The zero-order valence-electron chi connectivity index (χ0n) is 21.7. The van der Waals surface area contributed by atoms with Crippen molar-refractivity contribution in [2.24, 2.45) is 0 Å². The van der Waals surface area contributed by atoms with E-state index < -0.39 is 124 Å². The fourth-order valence-electron chi connectivity index (χ4n) is 4.86. The van der Waals surface area contributed by atoms with Gasteiger partial charge in [-0.15, -0.1) is 0 Å². The van der Waals surface area contributed by atoms with Crippen LogP contribution in [0.1, 0.15) is 13.8 Å². The van der Waals surface area contributed by atoms with E-state index in [1.165, 1.54) is 0 Å². The maximum Gasteiger partial charge on any atom is 0.217 e. The first-order valence-corrected chi connectivity index (χ1v) is 12.6. The summed E-state index contributed by atoms with van der Waals surface area (Å²) in [5, 5.41) is 97.2. The lowest BCUT2D eigenvalue weighted by Gasteiger charge is -2.48. The van der Waals surface area contributed by atoms with Crippen LogP contribution in [-0.2, 0) is 33.3 Å². The molecule has 2 amide bonds. The smallest absolute Gasteiger partial charge is 0.217 e. The highest BCUT2D eigenvalue weighted by Crippen LogP contribution is 2.32. The van der Waals surface area contributed by atoms with Crippen LogP contribution < -0.4 is 10.6 Å². The highest BCUT2D eigenvalue weighted by molar-refractivity contribution is 5.73. The number of carbonyl (C=O) groups excluding carboxylic acids is 2. The van der Waals surface area contributed by atoms with Gasteiger partial charge in [-0.1, -0.05) is 0 Å². The van der Waals surface area contributed by atoms with Crippen LogP contribution in [0.15, 0.2) is 0 Å². The SMILES string of the molecule is CC(=O)N[C@H]1[C@@H](O[C@H]2[C@@H](O)[C@@H](CO)O[C@@H](O[C@H]3[C@H](O)[C@@H](NC(C)=O)C(O)O[C@@H]3CO)[C@@H]2O)O[C@H](CO)[C@H](O)[C@@H]1O. The summed E-state index contributed by atoms with van der Waals surface area (Å²) in [4.78, 5) is 23.3. The van der Waals surface area contributed by atoms with Crippen LogP contribution in [0, 0.1) is 0 Å². The van der Waals surface area contributed by atoms with Crippen molar-refractivity contribution >= 4 is 11.8 Å². The summed E-state index contributed by atoms with van der Waals surface area (Å²) in [5.74, 6) is -1.29. The van der Waals surface area contributed by atoms with Crippen LogP contribution >= 0.6 is 0 Å². The van der Waals surface area contributed by atoms with Gasteiger partial charge in [0.15, 0.2) is 18.9 Å². The Morgan fingerprint density at radius 1 is 0.600 bits per heavy atom. The minimum absolute atomic E-state index is 0.631. The molecular formula is C22H38N2O16. The standard InChI is InChI=1S/C22H38N2O16/c1-6(28)23-11-16(33)18(10(5-27)36-20(11)35)39-22-17(34)19(14(31)9(4-26)38-22)40-21-12(24-7(2)29)15(32)13(30)8(3-25)37-21/h8-22,25-27,30-35H,3-5H2,1-2H3,(H,23,28)(H,24,29)/t8-,9-,10-,11-,12-,13+,14+,15-,16-,17-,18-,19+,20?,21-,22+/m1/s1. The molecule has 3 aliphatic rings. The Kier molecular flexibility index (Phi) is 11.5. The zero-order valence-corrected chi connectivity index (χ0v) is 21.7. The molecule has 232 valence electrons. The highest BCUT2D eigenvalue weighted by atomic mass is 16.7. The lowest BCUT2D eigenvalue weighted by molar-refractivity contribution is -0.367. The summed E-state index contributed by atoms with van der Waals surface area (Å²) < 4.78 is 27.5. The summed E-state index contributed by atoms with van der Waals surface area (Å²) in [6, 6.07) is -2.84. The average molecular weight is 587 g/mol. The fraction of sp³-hybridized carbons (Fsp3) is 0.909. The molecule has 18 heteroatoms. The third-order valence-electron chi connectivity index (χ3n) is 6.90. The number of rotatable bonds is 9. The first-order chi connectivity index (χ1) is 18.8. The summed E-state index contributed by atoms with van der Waals surface area (Å²) in [6.45, 7) is -0.140. The number of hydrogen-bond donors (Lipinski definition) is 11. The number of aliphatic hydroxyl groups excluding tert-OH is 9. The van der Waals surface area contributed by atoms with E-state index in [4.69, 9.17) is 23.7 Å². The van der Waals surface area contributed by atoms with E-state index in [-0.39, 0.29) is 0 Å². The van der Waals surface area contributed by atoms with Crippen molar-refractivity contribution < 1.29 is 79.2 Å². The van der Waals surface area contributed by atoms with E-state index in [0.29, 0.717) is 0 Å². The van der Waals surface area contributed by atoms with Gasteiger partial charge in [0.25, 0.3) is 0 Å². The van der Waals surface area contributed by atoms with Crippen LogP contribution in [0.25, 0.3) is 0 Å². The Balaban J connectivity index is 1.85. The van der Waals surface area contributed by atoms with Crippen molar-refractivity contribution in [2.75, 3.05) is 19.8 Å². The van der Waals surface area contributed by atoms with Gasteiger partial charge in [-0.25, -0.2) is 0 Å². The molecule has 0 aromatic carbocycles. The summed E-state index contributed by atoms with van der Waals surface area (Å²) in [7, 11) is 0. The Morgan fingerprint density at radius 2 is 1.10 bits per heavy atom. The molecule has 40 heavy (non-hydrogen) atoms. The molecule has 0 spiro atoms. The molecular weight excluding hydrogens is 548 g/mol. The molecule has 0 radical (unpaired) electrons. The van der Waals surface area contributed by atoms with Crippen LogP contribution in [0.2, 0.25) is 0 Å². The molecule has 11 N–H and O–H groups in total. The lowest BCUT2D eigenvalue weighted by Crippen LogP contribution is -2.69. The van der Waals surface area contributed by atoms with E-state index in [1.807, 2.05) is 0 Å². The Morgan fingerprint density at radius 3 is 1.65 bits per heavy atom. The predicted molar refractivity (Wildman–Crippen MR) is 124 cm³/mol. The largest absolute Gasteiger partial charge is 0.394 e. The zero-order chi connectivity index (χ0) is 29.9. The Bertz CT molecular complexity index is 854. The van der Waals surface area contributed by atoms with Crippen molar-refractivity contribution in [3.05, 3.63) is 0 Å². The molecule has 3 rings (SSSR count). The molecule has 0 aromatic rings. The first kappa shape index (κ1) is 32.9. The van der Waals surface area contributed by atoms with Crippen LogP contribution in [0.4, 0.5) is 0 Å². The molecule has 0 saturated carbocycles. The van der Waals surface area contributed by atoms with Gasteiger partial charge in [-0.3, -0.25) is 9.59 Å². The monoisotopic (exact) mass is 586 g/mol. The second-order valence-electron chi connectivity index (χ2n) is 9.81. The molecule has 1 unspecified atom stereocenters. The van der Waals surface area contributed by atoms with Crippen molar-refractivity contribution in [1.82, 2.24) is 10.6 Å². The number of amides is 2. The molecule has 0 bridgehead atoms. The molecule has 3 saturated heterocycles. The van der Waals surface area contributed by atoms with Crippen molar-refractivity contribution in [2.45, 2.75) is 106 Å². The number of carbonyl (C=O) groups is 2. The molecule has 3 aliphatic heterocycles. The summed E-state index contributed by atoms with van der Waals surface area (Å²) in [6.07, 6.45) is -21.4. The van der Waals surface area contributed by atoms with Crippen molar-refractivity contribution in [3.63, 3.8) is 0 Å². The number of hydrogen-bond acceptors (Lipinski definition) is 16. The van der Waals surface area contributed by atoms with Crippen molar-refractivity contribution in [3.8, 4) is 0 Å². The molecule has 3 fully saturated rings. The number of ether oxygens (including phenoxy) is 5. The second-order valence-corrected chi connectivity index (χ2v) is 9.81. The molecule has 0 aromatic heterocycles.